The van der Waals surface area contributed by atoms with Crippen LogP contribution in [0.25, 0.3) is 0 Å². The van der Waals surface area contributed by atoms with E-state index in [9.17, 15) is 13.2 Å². The third kappa shape index (κ3) is 5.61. The fourth-order valence-electron chi connectivity index (χ4n) is 3.00. The summed E-state index contributed by atoms with van der Waals surface area (Å²) in [7, 11) is -3.62. The van der Waals surface area contributed by atoms with Crippen LogP contribution in [0.3, 0.4) is 0 Å². The van der Waals surface area contributed by atoms with Gasteiger partial charge in [-0.15, -0.1) is 11.8 Å². The number of carbonyl (C=O) groups excluding carboxylic acids is 1. The molecular formula is C20H23BrN2O4S2. The van der Waals surface area contributed by atoms with E-state index in [4.69, 9.17) is 4.74 Å². The Morgan fingerprint density at radius 1 is 1.14 bits per heavy atom. The highest BCUT2D eigenvalue weighted by atomic mass is 79.9. The zero-order chi connectivity index (χ0) is 21.0. The fraction of sp³-hybridized carbons (Fsp3) is 0.350. The summed E-state index contributed by atoms with van der Waals surface area (Å²) < 4.78 is 33.6. The van der Waals surface area contributed by atoms with Crippen molar-refractivity contribution in [2.24, 2.45) is 0 Å². The highest BCUT2D eigenvalue weighted by Gasteiger charge is 2.28. The van der Waals surface area contributed by atoms with Crippen LogP contribution in [0.4, 0.5) is 5.69 Å². The second-order valence-electron chi connectivity index (χ2n) is 6.74. The third-order valence-electron chi connectivity index (χ3n) is 4.56. The molecule has 0 bridgehead atoms. The molecule has 6 nitrogen and oxygen atoms in total. The molecule has 2 aromatic rings. The number of aryl methyl sites for hydroxylation is 2. The zero-order valence-electron chi connectivity index (χ0n) is 16.3. The Balaban J connectivity index is 1.69. The van der Waals surface area contributed by atoms with Crippen molar-refractivity contribution >= 4 is 49.3 Å². The molecule has 0 unspecified atom stereocenters. The Morgan fingerprint density at radius 3 is 2.55 bits per heavy atom. The van der Waals surface area contributed by atoms with Gasteiger partial charge in [0.15, 0.2) is 0 Å². The predicted octanol–water partition coefficient (Wildman–Crippen LogP) is 3.82. The van der Waals surface area contributed by atoms with Gasteiger partial charge in [0.1, 0.15) is 0 Å². The van der Waals surface area contributed by atoms with E-state index in [-0.39, 0.29) is 16.6 Å². The highest BCUT2D eigenvalue weighted by Crippen LogP contribution is 2.27. The van der Waals surface area contributed by atoms with E-state index >= 15 is 0 Å². The summed E-state index contributed by atoms with van der Waals surface area (Å²) in [5.41, 5.74) is 2.21. The molecule has 1 aliphatic rings. The smallest absolute Gasteiger partial charge is 0.243 e. The Morgan fingerprint density at radius 2 is 1.86 bits per heavy atom. The Kier molecular flexibility index (Phi) is 7.39. The summed E-state index contributed by atoms with van der Waals surface area (Å²) in [4.78, 5) is 13.6. The number of benzene rings is 2. The van der Waals surface area contributed by atoms with Crippen molar-refractivity contribution in [2.75, 3.05) is 37.4 Å². The molecule has 0 aromatic heterocycles. The van der Waals surface area contributed by atoms with Crippen LogP contribution in [0.2, 0.25) is 0 Å². The first-order valence-corrected chi connectivity index (χ1v) is 12.4. The van der Waals surface area contributed by atoms with E-state index in [1.807, 2.05) is 25.1 Å². The molecule has 1 amide bonds. The number of amides is 1. The normalized spacial score (nSPS) is 15.3. The minimum atomic E-state index is -3.62. The molecule has 156 valence electrons. The number of sulfonamides is 1. The number of morpholine rings is 1. The van der Waals surface area contributed by atoms with E-state index in [0.717, 1.165) is 14.9 Å². The SMILES string of the molecule is Cc1cc(Br)ccc1SCC(=O)Nc1ccc(C)c(S(=O)(=O)N2CCOCC2)c1. The Labute approximate surface area is 184 Å². The summed E-state index contributed by atoms with van der Waals surface area (Å²) in [5, 5.41) is 2.81. The maximum absolute atomic E-state index is 13.0. The van der Waals surface area contributed by atoms with Crippen molar-refractivity contribution < 1.29 is 17.9 Å². The number of hydrogen-bond acceptors (Lipinski definition) is 5. The number of nitrogens with one attached hydrogen (secondary N) is 1. The molecule has 0 aliphatic carbocycles. The van der Waals surface area contributed by atoms with Crippen LogP contribution in [-0.4, -0.2) is 50.7 Å². The molecule has 1 aliphatic heterocycles. The number of hydrogen-bond donors (Lipinski definition) is 1. The monoisotopic (exact) mass is 498 g/mol. The highest BCUT2D eigenvalue weighted by molar-refractivity contribution is 9.10. The predicted molar refractivity (Wildman–Crippen MR) is 119 cm³/mol. The summed E-state index contributed by atoms with van der Waals surface area (Å²) in [6, 6.07) is 10.9. The molecule has 3 rings (SSSR count). The largest absolute Gasteiger partial charge is 0.379 e. The fourth-order valence-corrected chi connectivity index (χ4v) is 5.94. The molecule has 1 saturated heterocycles. The Bertz CT molecular complexity index is 1010. The molecule has 2 aromatic carbocycles. The maximum Gasteiger partial charge on any atom is 0.243 e. The van der Waals surface area contributed by atoms with Gasteiger partial charge in [0.05, 0.1) is 23.9 Å². The summed E-state index contributed by atoms with van der Waals surface area (Å²) in [6.45, 7) is 5.20. The van der Waals surface area contributed by atoms with Gasteiger partial charge < -0.3 is 10.1 Å². The number of thioether (sulfide) groups is 1. The summed E-state index contributed by atoms with van der Waals surface area (Å²) in [6.07, 6.45) is 0. The lowest BCUT2D eigenvalue weighted by molar-refractivity contribution is -0.113. The number of halogens is 1. The van der Waals surface area contributed by atoms with Gasteiger partial charge in [0, 0.05) is 28.1 Å². The average molecular weight is 499 g/mol. The topological polar surface area (TPSA) is 75.7 Å². The van der Waals surface area contributed by atoms with Crippen LogP contribution in [0.1, 0.15) is 11.1 Å². The molecule has 0 atom stereocenters. The number of rotatable bonds is 6. The van der Waals surface area contributed by atoms with Crippen molar-refractivity contribution in [3.8, 4) is 0 Å². The minimum Gasteiger partial charge on any atom is -0.379 e. The molecule has 1 N–H and O–H groups in total. The maximum atomic E-state index is 13.0. The number of ether oxygens (including phenoxy) is 1. The summed E-state index contributed by atoms with van der Waals surface area (Å²) >= 11 is 4.88. The lowest BCUT2D eigenvalue weighted by atomic mass is 10.2. The second kappa shape index (κ2) is 9.61. The molecule has 0 spiro atoms. The van der Waals surface area contributed by atoms with E-state index in [2.05, 4.69) is 21.2 Å². The van der Waals surface area contributed by atoms with Crippen molar-refractivity contribution in [1.82, 2.24) is 4.31 Å². The third-order valence-corrected chi connectivity index (χ3v) is 8.26. The van der Waals surface area contributed by atoms with Gasteiger partial charge in [-0.25, -0.2) is 8.42 Å². The van der Waals surface area contributed by atoms with Crippen molar-refractivity contribution in [2.45, 2.75) is 23.6 Å². The molecule has 9 heteroatoms. The second-order valence-corrected chi connectivity index (χ2v) is 10.6. The molecule has 0 radical (unpaired) electrons. The lowest BCUT2D eigenvalue weighted by Gasteiger charge is -2.26. The lowest BCUT2D eigenvalue weighted by Crippen LogP contribution is -2.40. The van der Waals surface area contributed by atoms with Crippen LogP contribution in [0.5, 0.6) is 0 Å². The molecule has 29 heavy (non-hydrogen) atoms. The van der Waals surface area contributed by atoms with Gasteiger partial charge in [-0.1, -0.05) is 22.0 Å². The van der Waals surface area contributed by atoms with E-state index in [0.29, 0.717) is 37.6 Å². The van der Waals surface area contributed by atoms with Gasteiger partial charge in [0.2, 0.25) is 15.9 Å². The first-order chi connectivity index (χ1) is 13.8. The van der Waals surface area contributed by atoms with E-state index in [1.54, 1.807) is 19.1 Å². The quantitative estimate of drug-likeness (QED) is 0.612. The average Bonchev–Trinajstić information content (AvgIpc) is 2.69. The van der Waals surface area contributed by atoms with Crippen LogP contribution in [0.15, 0.2) is 50.7 Å². The zero-order valence-corrected chi connectivity index (χ0v) is 19.5. The number of carbonyl (C=O) groups is 1. The first kappa shape index (κ1) is 22.3. The van der Waals surface area contributed by atoms with Crippen molar-refractivity contribution in [3.63, 3.8) is 0 Å². The molecule has 1 heterocycles. The van der Waals surface area contributed by atoms with Crippen LogP contribution < -0.4 is 5.32 Å². The van der Waals surface area contributed by atoms with Gasteiger partial charge in [-0.3, -0.25) is 4.79 Å². The number of nitrogens with zero attached hydrogens (tertiary/aromatic N) is 1. The van der Waals surface area contributed by atoms with Crippen LogP contribution in [0, 0.1) is 13.8 Å². The first-order valence-electron chi connectivity index (χ1n) is 9.15. The van der Waals surface area contributed by atoms with E-state index < -0.39 is 10.0 Å². The molecule has 0 saturated carbocycles. The van der Waals surface area contributed by atoms with Gasteiger partial charge in [0.25, 0.3) is 0 Å². The van der Waals surface area contributed by atoms with Crippen molar-refractivity contribution in [1.29, 1.82) is 0 Å². The summed E-state index contributed by atoms with van der Waals surface area (Å²) in [5.74, 6) is 0.0536. The van der Waals surface area contributed by atoms with Gasteiger partial charge >= 0.3 is 0 Å². The Hall–Kier alpha value is -1.39. The van der Waals surface area contributed by atoms with Gasteiger partial charge in [-0.2, -0.15) is 4.31 Å². The molecular weight excluding hydrogens is 476 g/mol. The minimum absolute atomic E-state index is 0.184. The number of anilines is 1. The van der Waals surface area contributed by atoms with Gasteiger partial charge in [-0.05, 0) is 55.3 Å². The van der Waals surface area contributed by atoms with E-state index in [1.165, 1.54) is 22.1 Å². The van der Waals surface area contributed by atoms with Crippen LogP contribution in [-0.2, 0) is 19.6 Å². The van der Waals surface area contributed by atoms with Crippen molar-refractivity contribution in [3.05, 3.63) is 52.0 Å². The molecule has 1 fully saturated rings. The standard InChI is InChI=1S/C20H23BrN2O4S2/c1-14-3-5-17(12-19(14)29(25,26)23-7-9-27-10-8-23)22-20(24)13-28-18-6-4-16(21)11-15(18)2/h3-6,11-12H,7-10,13H2,1-2H3,(H,22,24). The van der Waals surface area contributed by atoms with Crippen LogP contribution >= 0.6 is 27.7 Å².